The molecule has 3 N–H and O–H groups in total. The summed E-state index contributed by atoms with van der Waals surface area (Å²) in [6.07, 6.45) is 0.575. The number of amides is 2. The third-order valence-corrected chi connectivity index (χ3v) is 10.0. The zero-order valence-corrected chi connectivity index (χ0v) is 22.7. The second-order valence-corrected chi connectivity index (χ2v) is 12.4. The van der Waals surface area contributed by atoms with Gasteiger partial charge in [-0.1, -0.05) is 60.7 Å². The zero-order chi connectivity index (χ0) is 29.4. The summed E-state index contributed by atoms with van der Waals surface area (Å²) in [4.78, 5) is 43.9. The summed E-state index contributed by atoms with van der Waals surface area (Å²) in [5, 5.41) is 7.92. The molecule has 0 spiro atoms. The SMILES string of the molecule is CC1(COC(N)=O)[C@H](C(=O)OC(c2ccccc2)c2ccccc2)N2C(=O)/C(=C/c3cc(CO)ccn3)C2S1(=O)=O. The van der Waals surface area contributed by atoms with Gasteiger partial charge in [0.15, 0.2) is 27.4 Å². The molecule has 0 aliphatic carbocycles. The van der Waals surface area contributed by atoms with E-state index in [4.69, 9.17) is 15.2 Å². The van der Waals surface area contributed by atoms with Crippen molar-refractivity contribution in [2.24, 2.45) is 5.73 Å². The number of carbonyl (C=O) groups is 3. The number of sulfone groups is 1. The Bertz CT molecular complexity index is 1590. The van der Waals surface area contributed by atoms with Gasteiger partial charge in [-0.05, 0) is 41.8 Å². The van der Waals surface area contributed by atoms with Gasteiger partial charge in [0.05, 0.1) is 17.9 Å². The van der Waals surface area contributed by atoms with Gasteiger partial charge in [0.2, 0.25) is 0 Å². The Morgan fingerprint density at radius 3 is 2.27 bits per heavy atom. The average molecular weight is 578 g/mol. The highest BCUT2D eigenvalue weighted by Gasteiger charge is 2.73. The molecule has 41 heavy (non-hydrogen) atoms. The molecule has 3 aromatic rings. The number of primary amides is 1. The summed E-state index contributed by atoms with van der Waals surface area (Å²) in [6.45, 7) is 0.170. The number of ether oxygens (including phenoxy) is 2. The lowest BCUT2D eigenvalue weighted by molar-refractivity contribution is -0.161. The second-order valence-electron chi connectivity index (χ2n) is 9.92. The molecule has 5 rings (SSSR count). The van der Waals surface area contributed by atoms with Crippen LogP contribution in [0.1, 0.15) is 35.4 Å². The number of benzene rings is 2. The largest absolute Gasteiger partial charge is 0.451 e. The van der Waals surface area contributed by atoms with Crippen LogP contribution < -0.4 is 5.73 Å². The minimum absolute atomic E-state index is 0.115. The van der Waals surface area contributed by atoms with Crippen LogP contribution in [0.5, 0.6) is 0 Å². The number of nitrogens with zero attached hydrogens (tertiary/aromatic N) is 2. The van der Waals surface area contributed by atoms with E-state index in [1.807, 2.05) is 0 Å². The maximum absolute atomic E-state index is 14.0. The molecule has 3 atom stereocenters. The number of carbonyl (C=O) groups excluding carboxylic acids is 3. The van der Waals surface area contributed by atoms with E-state index in [0.29, 0.717) is 16.7 Å². The lowest BCUT2D eigenvalue weighted by Gasteiger charge is -2.39. The molecule has 0 bridgehead atoms. The van der Waals surface area contributed by atoms with Crippen LogP contribution >= 0.6 is 0 Å². The Hall–Kier alpha value is -4.55. The molecule has 212 valence electrons. The maximum atomic E-state index is 14.0. The Labute approximate surface area is 236 Å². The van der Waals surface area contributed by atoms with Crippen molar-refractivity contribution in [3.8, 4) is 0 Å². The summed E-state index contributed by atoms with van der Waals surface area (Å²) >= 11 is 0. The van der Waals surface area contributed by atoms with Crippen molar-refractivity contribution >= 4 is 33.9 Å². The van der Waals surface area contributed by atoms with Crippen LogP contribution in [-0.4, -0.2) is 64.1 Å². The molecule has 2 aliphatic heterocycles. The predicted molar refractivity (Wildman–Crippen MR) is 146 cm³/mol. The zero-order valence-electron chi connectivity index (χ0n) is 21.9. The molecule has 2 aliphatic rings. The molecular formula is C29H27N3O8S. The lowest BCUT2D eigenvalue weighted by Crippen LogP contribution is -2.60. The fraction of sp³-hybridized carbons (Fsp3) is 0.241. The van der Waals surface area contributed by atoms with Gasteiger partial charge in [0.1, 0.15) is 11.4 Å². The summed E-state index contributed by atoms with van der Waals surface area (Å²) in [7, 11) is -4.37. The standard InChI is InChI=1S/C29H27N3O8S/c1-29(17-39-28(30)36)24(27(35)40-23(19-8-4-2-5-9-19)20-10-6-3-7-11-20)32-25(34)22(26(32)41(29,37)38)15-21-14-18(16-33)12-13-31-21/h2-15,23-24,26,33H,16-17H2,1H3,(H2,30,36)/b22-15-/t24-,26?,29?/m0/s1. The molecule has 0 saturated carbocycles. The number of hydrogen-bond acceptors (Lipinski definition) is 9. The van der Waals surface area contributed by atoms with E-state index < -0.39 is 56.7 Å². The Morgan fingerprint density at radius 1 is 1.10 bits per heavy atom. The Morgan fingerprint density at radius 2 is 1.71 bits per heavy atom. The molecule has 2 amide bonds. The van der Waals surface area contributed by atoms with Gasteiger partial charge in [-0.15, -0.1) is 0 Å². The van der Waals surface area contributed by atoms with E-state index in [1.54, 1.807) is 66.7 Å². The van der Waals surface area contributed by atoms with Crippen molar-refractivity contribution < 1.29 is 37.4 Å². The number of β-lactam (4-membered cyclic amide) rings is 1. The first kappa shape index (κ1) is 28.0. The number of aliphatic hydroxyl groups excluding tert-OH is 1. The van der Waals surface area contributed by atoms with Crippen LogP contribution in [0.3, 0.4) is 0 Å². The fourth-order valence-corrected chi connectivity index (χ4v) is 7.46. The van der Waals surface area contributed by atoms with Crippen molar-refractivity contribution in [2.45, 2.75) is 35.8 Å². The number of pyridine rings is 1. The number of fused-ring (bicyclic) bond motifs is 1. The summed E-state index contributed by atoms with van der Waals surface area (Å²) < 4.78 is 36.7. The van der Waals surface area contributed by atoms with Crippen molar-refractivity contribution in [3.05, 3.63) is 107 Å². The van der Waals surface area contributed by atoms with E-state index in [2.05, 4.69) is 4.98 Å². The number of nitrogens with two attached hydrogens (primary N) is 1. The van der Waals surface area contributed by atoms with Gasteiger partial charge >= 0.3 is 12.1 Å². The van der Waals surface area contributed by atoms with Crippen LogP contribution in [0, 0.1) is 0 Å². The van der Waals surface area contributed by atoms with Crippen LogP contribution in [0.2, 0.25) is 0 Å². The minimum Gasteiger partial charge on any atom is -0.451 e. The molecule has 3 heterocycles. The first-order valence-electron chi connectivity index (χ1n) is 12.6. The fourth-order valence-electron chi connectivity index (χ4n) is 5.19. The normalized spacial score (nSPS) is 23.6. The number of hydrogen-bond donors (Lipinski definition) is 2. The monoisotopic (exact) mass is 577 g/mol. The van der Waals surface area contributed by atoms with E-state index in [0.717, 1.165) is 4.90 Å². The molecule has 2 aromatic carbocycles. The van der Waals surface area contributed by atoms with Gasteiger partial charge in [-0.25, -0.2) is 18.0 Å². The van der Waals surface area contributed by atoms with Crippen molar-refractivity contribution in [1.29, 1.82) is 0 Å². The Balaban J connectivity index is 1.56. The van der Waals surface area contributed by atoms with Crippen LogP contribution in [0.25, 0.3) is 6.08 Å². The molecule has 12 heteroatoms. The highest BCUT2D eigenvalue weighted by atomic mass is 32.2. The van der Waals surface area contributed by atoms with Crippen LogP contribution in [0.15, 0.2) is 84.6 Å². The van der Waals surface area contributed by atoms with Crippen molar-refractivity contribution in [1.82, 2.24) is 9.88 Å². The highest BCUT2D eigenvalue weighted by Crippen LogP contribution is 2.50. The van der Waals surface area contributed by atoms with Crippen LogP contribution in [0.4, 0.5) is 4.79 Å². The van der Waals surface area contributed by atoms with E-state index in [1.165, 1.54) is 25.3 Å². The van der Waals surface area contributed by atoms with Crippen molar-refractivity contribution in [3.63, 3.8) is 0 Å². The number of aromatic nitrogens is 1. The lowest BCUT2D eigenvalue weighted by atomic mass is 9.93. The summed E-state index contributed by atoms with van der Waals surface area (Å²) in [5.74, 6) is -1.70. The maximum Gasteiger partial charge on any atom is 0.404 e. The summed E-state index contributed by atoms with van der Waals surface area (Å²) in [5.41, 5.74) is 7.06. The number of rotatable bonds is 8. The molecule has 0 radical (unpaired) electrons. The summed E-state index contributed by atoms with van der Waals surface area (Å²) in [6, 6.07) is 19.2. The molecular weight excluding hydrogens is 550 g/mol. The molecule has 2 fully saturated rings. The third-order valence-electron chi connectivity index (χ3n) is 7.30. The van der Waals surface area contributed by atoms with Gasteiger partial charge in [0.25, 0.3) is 5.91 Å². The molecule has 2 unspecified atom stereocenters. The average Bonchev–Trinajstić information content (AvgIpc) is 3.14. The van der Waals surface area contributed by atoms with Gasteiger partial charge in [-0.2, -0.15) is 0 Å². The van der Waals surface area contributed by atoms with E-state index in [-0.39, 0.29) is 17.9 Å². The third kappa shape index (κ3) is 4.85. The minimum atomic E-state index is -4.37. The van der Waals surface area contributed by atoms with E-state index >= 15 is 0 Å². The first-order valence-corrected chi connectivity index (χ1v) is 14.2. The Kier molecular flexibility index (Phi) is 7.37. The van der Waals surface area contributed by atoms with Crippen LogP contribution in [-0.2, 0) is 35.5 Å². The number of esters is 1. The van der Waals surface area contributed by atoms with Gasteiger partial charge in [-0.3, -0.25) is 9.78 Å². The molecule has 2 saturated heterocycles. The van der Waals surface area contributed by atoms with E-state index in [9.17, 15) is 27.9 Å². The second kappa shape index (κ2) is 10.8. The topological polar surface area (TPSA) is 166 Å². The smallest absolute Gasteiger partial charge is 0.404 e. The quantitative estimate of drug-likeness (QED) is 0.232. The van der Waals surface area contributed by atoms with Crippen molar-refractivity contribution in [2.75, 3.05) is 6.61 Å². The first-order chi connectivity index (χ1) is 19.6. The molecule has 1 aromatic heterocycles. The predicted octanol–water partition coefficient (Wildman–Crippen LogP) is 2.11. The highest BCUT2D eigenvalue weighted by molar-refractivity contribution is 7.94. The van der Waals surface area contributed by atoms with Gasteiger partial charge < -0.3 is 25.2 Å². The molecule has 11 nitrogen and oxygen atoms in total. The van der Waals surface area contributed by atoms with Gasteiger partial charge in [0, 0.05) is 6.20 Å². The number of aliphatic hydroxyl groups is 1.